The summed E-state index contributed by atoms with van der Waals surface area (Å²) in [6.45, 7) is -0.399. The first-order valence-electron chi connectivity index (χ1n) is 4.70. The van der Waals surface area contributed by atoms with Crippen LogP contribution in [0.5, 0.6) is 0 Å². The quantitative estimate of drug-likeness (QED) is 0.701. The van der Waals surface area contributed by atoms with Crippen LogP contribution < -0.4 is 5.56 Å². The number of fused-ring (bicyclic) bond motifs is 3. The minimum absolute atomic E-state index is 0.327. The van der Waals surface area contributed by atoms with E-state index in [-0.39, 0.29) is 5.56 Å². The molecule has 0 aliphatic rings. The number of carboxylic acids is 1. The molecule has 0 radical (unpaired) electrons. The van der Waals surface area contributed by atoms with Crippen LogP contribution >= 0.6 is 11.3 Å². The van der Waals surface area contributed by atoms with E-state index in [1.165, 1.54) is 22.0 Å². The smallest absolute Gasteiger partial charge is 0.323 e. The zero-order chi connectivity index (χ0) is 12.0. The van der Waals surface area contributed by atoms with Gasteiger partial charge in [0.25, 0.3) is 5.56 Å². The van der Waals surface area contributed by atoms with Gasteiger partial charge in [-0.25, -0.2) is 0 Å². The number of nitrogens with zero attached hydrogens (tertiary/aromatic N) is 4. The van der Waals surface area contributed by atoms with Gasteiger partial charge < -0.3 is 5.11 Å². The number of hydrogen-bond acceptors (Lipinski definition) is 5. The molecule has 0 aromatic carbocycles. The second-order valence-corrected chi connectivity index (χ2v) is 4.34. The zero-order valence-electron chi connectivity index (χ0n) is 8.40. The van der Waals surface area contributed by atoms with Crippen LogP contribution in [-0.2, 0) is 11.3 Å². The molecule has 0 amide bonds. The molecule has 0 bridgehead atoms. The van der Waals surface area contributed by atoms with Crippen molar-refractivity contribution in [3.63, 3.8) is 0 Å². The van der Waals surface area contributed by atoms with Crippen molar-refractivity contribution in [1.29, 1.82) is 0 Å². The van der Waals surface area contributed by atoms with Crippen LogP contribution in [0.3, 0.4) is 0 Å². The van der Waals surface area contributed by atoms with Crippen LogP contribution in [0.25, 0.3) is 15.9 Å². The average molecular weight is 250 g/mol. The van der Waals surface area contributed by atoms with E-state index in [1.807, 2.05) is 0 Å². The van der Waals surface area contributed by atoms with E-state index >= 15 is 0 Å². The number of rotatable bonds is 2. The molecule has 0 unspecified atom stereocenters. The van der Waals surface area contributed by atoms with Gasteiger partial charge in [-0.05, 0) is 11.4 Å². The molecule has 0 saturated heterocycles. The molecule has 8 heteroatoms. The lowest BCUT2D eigenvalue weighted by atomic mass is 10.4. The number of hydrogen-bond donors (Lipinski definition) is 1. The predicted molar refractivity (Wildman–Crippen MR) is 60.3 cm³/mol. The molecule has 3 aromatic rings. The molecule has 0 aliphatic heterocycles. The van der Waals surface area contributed by atoms with Crippen LogP contribution in [0.2, 0.25) is 0 Å². The van der Waals surface area contributed by atoms with E-state index in [0.29, 0.717) is 15.9 Å². The molecule has 0 aliphatic carbocycles. The maximum atomic E-state index is 12.1. The largest absolute Gasteiger partial charge is 0.480 e. The highest BCUT2D eigenvalue weighted by Crippen LogP contribution is 2.17. The van der Waals surface area contributed by atoms with E-state index in [1.54, 1.807) is 11.4 Å². The summed E-state index contributed by atoms with van der Waals surface area (Å²) >= 11 is 1.26. The summed E-state index contributed by atoms with van der Waals surface area (Å²) in [6, 6.07) is 1.76. The van der Waals surface area contributed by atoms with Crippen molar-refractivity contribution in [1.82, 2.24) is 19.4 Å². The maximum absolute atomic E-state index is 12.1. The number of aromatic nitrogens is 4. The maximum Gasteiger partial charge on any atom is 0.323 e. The number of carboxylic acid groups (broad SMARTS) is 1. The SMILES string of the molecule is O=C(O)Cn1c(=O)c2sccc2n2nncc12. The first-order valence-corrected chi connectivity index (χ1v) is 5.58. The van der Waals surface area contributed by atoms with Gasteiger partial charge >= 0.3 is 5.97 Å². The van der Waals surface area contributed by atoms with E-state index < -0.39 is 12.5 Å². The van der Waals surface area contributed by atoms with Crippen molar-refractivity contribution in [2.24, 2.45) is 0 Å². The Kier molecular flexibility index (Phi) is 1.99. The number of carbonyl (C=O) groups is 1. The summed E-state index contributed by atoms with van der Waals surface area (Å²) in [5, 5.41) is 18.1. The first-order chi connectivity index (χ1) is 8.18. The Bertz CT molecular complexity index is 784. The monoisotopic (exact) mass is 250 g/mol. The number of aliphatic carboxylic acids is 1. The average Bonchev–Trinajstić information content (AvgIpc) is 2.90. The van der Waals surface area contributed by atoms with Gasteiger partial charge in [-0.1, -0.05) is 5.21 Å². The molecule has 1 N–H and O–H groups in total. The molecule has 3 rings (SSSR count). The molecule has 0 spiro atoms. The Balaban J connectivity index is 2.51. The van der Waals surface area contributed by atoms with E-state index in [4.69, 9.17) is 5.11 Å². The lowest BCUT2D eigenvalue weighted by Crippen LogP contribution is -2.25. The highest BCUT2D eigenvalue weighted by Gasteiger charge is 2.14. The summed E-state index contributed by atoms with van der Waals surface area (Å²) in [5.41, 5.74) is 0.699. The molecular weight excluding hydrogens is 244 g/mol. The molecular formula is C9H6N4O3S. The molecule has 3 heterocycles. The molecule has 0 fully saturated rings. The van der Waals surface area contributed by atoms with Gasteiger partial charge in [0, 0.05) is 0 Å². The topological polar surface area (TPSA) is 89.5 Å². The van der Waals surface area contributed by atoms with Crippen LogP contribution in [0.15, 0.2) is 22.4 Å². The third kappa shape index (κ3) is 1.34. The fraction of sp³-hybridized carbons (Fsp3) is 0.111. The lowest BCUT2D eigenvalue weighted by Gasteiger charge is -2.04. The van der Waals surface area contributed by atoms with Crippen molar-refractivity contribution in [3.8, 4) is 0 Å². The van der Waals surface area contributed by atoms with Crippen molar-refractivity contribution < 1.29 is 9.90 Å². The van der Waals surface area contributed by atoms with Gasteiger partial charge in [-0.3, -0.25) is 14.2 Å². The Morgan fingerprint density at radius 1 is 1.53 bits per heavy atom. The Hall–Kier alpha value is -2.22. The number of thiophene rings is 1. The summed E-state index contributed by atoms with van der Waals surface area (Å²) in [6.07, 6.45) is 1.38. The van der Waals surface area contributed by atoms with E-state index in [2.05, 4.69) is 10.3 Å². The van der Waals surface area contributed by atoms with E-state index in [0.717, 1.165) is 4.57 Å². The molecule has 17 heavy (non-hydrogen) atoms. The molecule has 86 valence electrons. The van der Waals surface area contributed by atoms with Gasteiger partial charge in [-0.15, -0.1) is 16.4 Å². The Labute approximate surface area is 97.5 Å². The van der Waals surface area contributed by atoms with Crippen LogP contribution in [0.4, 0.5) is 0 Å². The Morgan fingerprint density at radius 3 is 3.12 bits per heavy atom. The fourth-order valence-electron chi connectivity index (χ4n) is 1.73. The van der Waals surface area contributed by atoms with Crippen molar-refractivity contribution >= 4 is 33.2 Å². The highest BCUT2D eigenvalue weighted by atomic mass is 32.1. The van der Waals surface area contributed by atoms with Gasteiger partial charge in [0.15, 0.2) is 5.65 Å². The summed E-state index contributed by atoms with van der Waals surface area (Å²) in [5.74, 6) is -1.08. The lowest BCUT2D eigenvalue weighted by molar-refractivity contribution is -0.137. The van der Waals surface area contributed by atoms with Gasteiger partial charge in [-0.2, -0.15) is 4.52 Å². The van der Waals surface area contributed by atoms with Crippen LogP contribution in [-0.4, -0.2) is 30.5 Å². The molecule has 3 aromatic heterocycles. The minimum Gasteiger partial charge on any atom is -0.480 e. The Morgan fingerprint density at radius 2 is 2.35 bits per heavy atom. The third-order valence-corrected chi connectivity index (χ3v) is 3.30. The van der Waals surface area contributed by atoms with E-state index in [9.17, 15) is 9.59 Å². The first kappa shape index (κ1) is 9.97. The minimum atomic E-state index is -1.08. The normalized spacial score (nSPS) is 11.3. The molecule has 0 atom stereocenters. The van der Waals surface area contributed by atoms with Crippen LogP contribution in [0, 0.1) is 0 Å². The highest BCUT2D eigenvalue weighted by molar-refractivity contribution is 7.17. The summed E-state index contributed by atoms with van der Waals surface area (Å²) in [4.78, 5) is 22.8. The fourth-order valence-corrected chi connectivity index (χ4v) is 2.55. The van der Waals surface area contributed by atoms with Crippen LogP contribution in [0.1, 0.15) is 0 Å². The zero-order valence-corrected chi connectivity index (χ0v) is 9.22. The van der Waals surface area contributed by atoms with Gasteiger partial charge in [0.05, 0.1) is 11.7 Å². The van der Waals surface area contributed by atoms with Crippen molar-refractivity contribution in [2.45, 2.75) is 6.54 Å². The standard InChI is InChI=1S/C9H6N4O3S/c14-7(15)4-12-6-3-10-11-13(6)5-1-2-17-8(5)9(12)16/h1-3H,4H2,(H,14,15). The summed E-state index contributed by atoms with van der Waals surface area (Å²) < 4.78 is 3.10. The van der Waals surface area contributed by atoms with Gasteiger partial charge in [0.1, 0.15) is 11.2 Å². The van der Waals surface area contributed by atoms with Crippen molar-refractivity contribution in [2.75, 3.05) is 0 Å². The molecule has 0 saturated carbocycles. The second-order valence-electron chi connectivity index (χ2n) is 3.42. The van der Waals surface area contributed by atoms with Gasteiger partial charge in [0.2, 0.25) is 0 Å². The molecule has 7 nitrogen and oxygen atoms in total. The summed E-state index contributed by atoms with van der Waals surface area (Å²) in [7, 11) is 0. The predicted octanol–water partition coefficient (Wildman–Crippen LogP) is 0.190. The second kappa shape index (κ2) is 3.39. The van der Waals surface area contributed by atoms with Crippen molar-refractivity contribution in [3.05, 3.63) is 28.0 Å². The third-order valence-electron chi connectivity index (χ3n) is 2.41.